The van der Waals surface area contributed by atoms with Crippen LogP contribution in [0.2, 0.25) is 0 Å². The Morgan fingerprint density at radius 2 is 2.38 bits per heavy atom. The minimum atomic E-state index is 0.354. The molecule has 0 aromatic carbocycles. The van der Waals surface area contributed by atoms with Crippen molar-refractivity contribution in [2.45, 2.75) is 18.9 Å². The first kappa shape index (κ1) is 11.2. The fourth-order valence-electron chi connectivity index (χ4n) is 2.10. The van der Waals surface area contributed by atoms with Crippen LogP contribution in [-0.4, -0.2) is 38.3 Å². The molecule has 0 saturated carbocycles. The zero-order chi connectivity index (χ0) is 11.4. The smallest absolute Gasteiger partial charge is 0.0746 e. The summed E-state index contributed by atoms with van der Waals surface area (Å²) in [6, 6.07) is 2.13. The average Bonchev–Trinajstić information content (AvgIpc) is 2.39. The van der Waals surface area contributed by atoms with Gasteiger partial charge in [-0.25, -0.2) is 0 Å². The van der Waals surface area contributed by atoms with Gasteiger partial charge in [-0.1, -0.05) is 0 Å². The lowest BCUT2D eigenvalue weighted by Crippen LogP contribution is -2.39. The predicted molar refractivity (Wildman–Crippen MR) is 66.0 cm³/mol. The van der Waals surface area contributed by atoms with Gasteiger partial charge >= 0.3 is 0 Å². The Hall–Kier alpha value is -1.29. The number of aromatic nitrogens is 1. The molecule has 2 heterocycles. The number of ether oxygens (including phenoxy) is 1. The van der Waals surface area contributed by atoms with Gasteiger partial charge in [0, 0.05) is 27.2 Å². The Labute approximate surface area is 96.6 Å². The number of nitrogens with one attached hydrogen (secondary N) is 1. The van der Waals surface area contributed by atoms with Crippen LogP contribution >= 0.6 is 0 Å². The van der Waals surface area contributed by atoms with E-state index in [-0.39, 0.29) is 0 Å². The molecule has 1 fully saturated rings. The molecule has 1 N–H and O–H groups in total. The maximum atomic E-state index is 5.42. The minimum absolute atomic E-state index is 0.354. The first-order valence-corrected chi connectivity index (χ1v) is 5.74. The van der Waals surface area contributed by atoms with E-state index >= 15 is 0 Å². The van der Waals surface area contributed by atoms with Crippen LogP contribution in [0, 0.1) is 0 Å². The molecular weight excluding hydrogens is 202 g/mol. The molecule has 1 aliphatic rings. The van der Waals surface area contributed by atoms with Crippen molar-refractivity contribution in [2.24, 2.45) is 0 Å². The Balaban J connectivity index is 2.10. The van der Waals surface area contributed by atoms with E-state index in [2.05, 4.69) is 21.3 Å². The van der Waals surface area contributed by atoms with Crippen LogP contribution in [0.1, 0.15) is 12.8 Å². The van der Waals surface area contributed by atoms with Gasteiger partial charge in [-0.3, -0.25) is 4.98 Å². The van der Waals surface area contributed by atoms with Gasteiger partial charge in [-0.05, 0) is 18.9 Å². The SMILES string of the molecule is CNc1cncc(N2CCCC(OC)C2)c1. The summed E-state index contributed by atoms with van der Waals surface area (Å²) in [5.41, 5.74) is 2.23. The molecule has 0 radical (unpaired) electrons. The summed E-state index contributed by atoms with van der Waals surface area (Å²) in [4.78, 5) is 6.58. The molecule has 1 aromatic rings. The van der Waals surface area contributed by atoms with E-state index in [1.807, 2.05) is 19.4 Å². The van der Waals surface area contributed by atoms with Crippen molar-refractivity contribution >= 4 is 11.4 Å². The van der Waals surface area contributed by atoms with Crippen molar-refractivity contribution in [3.05, 3.63) is 18.5 Å². The number of piperidine rings is 1. The number of nitrogens with zero attached hydrogens (tertiary/aromatic N) is 2. The second-order valence-corrected chi connectivity index (χ2v) is 4.13. The van der Waals surface area contributed by atoms with Crippen LogP contribution in [0.25, 0.3) is 0 Å². The Morgan fingerprint density at radius 1 is 1.50 bits per heavy atom. The number of anilines is 2. The van der Waals surface area contributed by atoms with Crippen LogP contribution in [-0.2, 0) is 4.74 Å². The number of pyridine rings is 1. The van der Waals surface area contributed by atoms with Crippen molar-refractivity contribution < 1.29 is 4.74 Å². The zero-order valence-corrected chi connectivity index (χ0v) is 9.94. The molecule has 88 valence electrons. The Kier molecular flexibility index (Phi) is 3.62. The average molecular weight is 221 g/mol. The Morgan fingerprint density at radius 3 is 3.12 bits per heavy atom. The lowest BCUT2D eigenvalue weighted by Gasteiger charge is -2.33. The molecule has 1 unspecified atom stereocenters. The molecule has 4 heteroatoms. The molecule has 0 spiro atoms. The summed E-state index contributed by atoms with van der Waals surface area (Å²) in [6.07, 6.45) is 6.45. The van der Waals surface area contributed by atoms with Gasteiger partial charge in [-0.15, -0.1) is 0 Å². The molecule has 0 amide bonds. The van der Waals surface area contributed by atoms with Crippen molar-refractivity contribution in [3.8, 4) is 0 Å². The molecule has 1 atom stereocenters. The largest absolute Gasteiger partial charge is 0.387 e. The van der Waals surface area contributed by atoms with E-state index < -0.39 is 0 Å². The summed E-state index contributed by atoms with van der Waals surface area (Å²) < 4.78 is 5.42. The quantitative estimate of drug-likeness (QED) is 0.843. The predicted octanol–water partition coefficient (Wildman–Crippen LogP) is 1.74. The van der Waals surface area contributed by atoms with Gasteiger partial charge in [0.2, 0.25) is 0 Å². The molecule has 1 aliphatic heterocycles. The first-order valence-electron chi connectivity index (χ1n) is 5.74. The van der Waals surface area contributed by atoms with Gasteiger partial charge in [0.25, 0.3) is 0 Å². The summed E-state index contributed by atoms with van der Waals surface area (Å²) in [5.74, 6) is 0. The van der Waals surface area contributed by atoms with Crippen molar-refractivity contribution in [1.29, 1.82) is 0 Å². The second-order valence-electron chi connectivity index (χ2n) is 4.13. The van der Waals surface area contributed by atoms with Gasteiger partial charge < -0.3 is 15.0 Å². The van der Waals surface area contributed by atoms with E-state index in [1.54, 1.807) is 7.11 Å². The highest BCUT2D eigenvalue weighted by Gasteiger charge is 2.19. The van der Waals surface area contributed by atoms with Crippen LogP contribution < -0.4 is 10.2 Å². The van der Waals surface area contributed by atoms with E-state index in [0.29, 0.717) is 6.10 Å². The maximum absolute atomic E-state index is 5.42. The second kappa shape index (κ2) is 5.16. The minimum Gasteiger partial charge on any atom is -0.387 e. The molecule has 16 heavy (non-hydrogen) atoms. The highest BCUT2D eigenvalue weighted by Crippen LogP contribution is 2.22. The van der Waals surface area contributed by atoms with Crippen LogP contribution in [0.15, 0.2) is 18.5 Å². The van der Waals surface area contributed by atoms with Gasteiger partial charge in [0.1, 0.15) is 0 Å². The summed E-state index contributed by atoms with van der Waals surface area (Å²) in [5, 5.41) is 3.11. The summed E-state index contributed by atoms with van der Waals surface area (Å²) in [7, 11) is 3.70. The molecule has 4 nitrogen and oxygen atoms in total. The molecular formula is C12H19N3O. The highest BCUT2D eigenvalue weighted by atomic mass is 16.5. The monoisotopic (exact) mass is 221 g/mol. The Bertz CT molecular complexity index is 343. The fourth-order valence-corrected chi connectivity index (χ4v) is 2.10. The topological polar surface area (TPSA) is 37.4 Å². The van der Waals surface area contributed by atoms with Crippen molar-refractivity contribution in [3.63, 3.8) is 0 Å². The lowest BCUT2D eigenvalue weighted by atomic mass is 10.1. The van der Waals surface area contributed by atoms with E-state index in [9.17, 15) is 0 Å². The van der Waals surface area contributed by atoms with E-state index in [1.165, 1.54) is 12.1 Å². The summed E-state index contributed by atoms with van der Waals surface area (Å²) >= 11 is 0. The van der Waals surface area contributed by atoms with Crippen LogP contribution in [0.5, 0.6) is 0 Å². The molecule has 0 bridgehead atoms. The van der Waals surface area contributed by atoms with Gasteiger partial charge in [0.15, 0.2) is 0 Å². The normalized spacial score (nSPS) is 20.9. The number of rotatable bonds is 3. The fraction of sp³-hybridized carbons (Fsp3) is 0.583. The molecule has 1 aromatic heterocycles. The van der Waals surface area contributed by atoms with E-state index in [0.717, 1.165) is 25.2 Å². The standard InChI is InChI=1S/C12H19N3O/c1-13-10-6-11(8-14-7-10)15-5-3-4-12(9-15)16-2/h6-8,12-13H,3-5,9H2,1-2H3. The third-order valence-corrected chi connectivity index (χ3v) is 3.09. The van der Waals surface area contributed by atoms with Gasteiger partial charge in [0.05, 0.1) is 29.9 Å². The zero-order valence-electron chi connectivity index (χ0n) is 9.94. The highest BCUT2D eigenvalue weighted by molar-refractivity contribution is 5.55. The maximum Gasteiger partial charge on any atom is 0.0746 e. The number of hydrogen-bond donors (Lipinski definition) is 1. The first-order chi connectivity index (χ1) is 7.83. The van der Waals surface area contributed by atoms with Crippen molar-refractivity contribution in [1.82, 2.24) is 4.98 Å². The van der Waals surface area contributed by atoms with Crippen LogP contribution in [0.4, 0.5) is 11.4 Å². The molecule has 0 aliphatic carbocycles. The third kappa shape index (κ3) is 2.44. The number of methoxy groups -OCH3 is 1. The number of hydrogen-bond acceptors (Lipinski definition) is 4. The molecule has 2 rings (SSSR count). The van der Waals surface area contributed by atoms with Crippen LogP contribution in [0.3, 0.4) is 0 Å². The lowest BCUT2D eigenvalue weighted by molar-refractivity contribution is 0.0893. The third-order valence-electron chi connectivity index (χ3n) is 3.09. The van der Waals surface area contributed by atoms with Crippen molar-refractivity contribution in [2.75, 3.05) is 37.5 Å². The van der Waals surface area contributed by atoms with E-state index in [4.69, 9.17) is 4.74 Å². The molecule has 1 saturated heterocycles. The van der Waals surface area contributed by atoms with Gasteiger partial charge in [-0.2, -0.15) is 0 Å². The summed E-state index contributed by atoms with van der Waals surface area (Å²) in [6.45, 7) is 2.06.